The minimum Gasteiger partial charge on any atom is -0.490 e. The van der Waals surface area contributed by atoms with Gasteiger partial charge in [-0.3, -0.25) is 0 Å². The van der Waals surface area contributed by atoms with Crippen LogP contribution in [-0.4, -0.2) is 30.4 Å². The van der Waals surface area contributed by atoms with E-state index in [1.165, 1.54) is 6.07 Å². The summed E-state index contributed by atoms with van der Waals surface area (Å²) in [6.45, 7) is 1.13. The Labute approximate surface area is 110 Å². The van der Waals surface area contributed by atoms with Crippen LogP contribution in [0.25, 0.3) is 0 Å². The first-order valence-corrected chi connectivity index (χ1v) is 6.32. The average molecular weight is 271 g/mol. The van der Waals surface area contributed by atoms with Gasteiger partial charge in [-0.05, 0) is 37.5 Å². The number of hydrogen-bond donors (Lipinski definition) is 1. The van der Waals surface area contributed by atoms with E-state index in [2.05, 4.69) is 0 Å². The predicted molar refractivity (Wildman–Crippen MR) is 67.5 cm³/mol. The van der Waals surface area contributed by atoms with Crippen molar-refractivity contribution in [2.75, 3.05) is 13.2 Å². The third-order valence-electron chi connectivity index (χ3n) is 2.87. The van der Waals surface area contributed by atoms with E-state index in [9.17, 15) is 4.79 Å². The molecule has 4 nitrogen and oxygen atoms in total. The van der Waals surface area contributed by atoms with Gasteiger partial charge in [-0.25, -0.2) is 4.79 Å². The number of halogens is 1. The molecule has 0 bridgehead atoms. The van der Waals surface area contributed by atoms with Crippen LogP contribution in [0.15, 0.2) is 18.2 Å². The topological polar surface area (TPSA) is 55.8 Å². The van der Waals surface area contributed by atoms with Crippen LogP contribution in [-0.2, 0) is 4.74 Å². The van der Waals surface area contributed by atoms with E-state index < -0.39 is 5.97 Å². The predicted octanol–water partition coefficient (Wildman–Crippen LogP) is 2.99. The first kappa shape index (κ1) is 13.2. The molecule has 1 atom stereocenters. The fourth-order valence-corrected chi connectivity index (χ4v) is 2.09. The van der Waals surface area contributed by atoms with Gasteiger partial charge < -0.3 is 14.6 Å². The van der Waals surface area contributed by atoms with E-state index in [0.717, 1.165) is 25.9 Å². The molecule has 0 aromatic heterocycles. The third-order valence-corrected chi connectivity index (χ3v) is 3.11. The Bertz CT molecular complexity index is 427. The Hall–Kier alpha value is -1.26. The molecule has 2 rings (SSSR count). The molecule has 0 amide bonds. The van der Waals surface area contributed by atoms with Gasteiger partial charge >= 0.3 is 5.97 Å². The molecule has 0 saturated carbocycles. The number of hydrogen-bond acceptors (Lipinski definition) is 3. The maximum Gasteiger partial charge on any atom is 0.339 e. The number of benzene rings is 1. The molecule has 0 aliphatic carbocycles. The smallest absolute Gasteiger partial charge is 0.339 e. The molecular formula is C13H15ClO4. The number of carboxylic acid groups (broad SMARTS) is 1. The van der Waals surface area contributed by atoms with Crippen molar-refractivity contribution in [1.29, 1.82) is 0 Å². The van der Waals surface area contributed by atoms with Crippen LogP contribution in [0, 0.1) is 0 Å². The summed E-state index contributed by atoms with van der Waals surface area (Å²) in [5.41, 5.74) is 0.0818. The van der Waals surface area contributed by atoms with Gasteiger partial charge in [0.15, 0.2) is 0 Å². The highest BCUT2D eigenvalue weighted by Gasteiger charge is 2.17. The maximum atomic E-state index is 11.1. The lowest BCUT2D eigenvalue weighted by Crippen LogP contribution is -2.26. The fourth-order valence-electron chi connectivity index (χ4n) is 1.92. The highest BCUT2D eigenvalue weighted by molar-refractivity contribution is 6.31. The van der Waals surface area contributed by atoms with Gasteiger partial charge in [0.1, 0.15) is 17.9 Å². The van der Waals surface area contributed by atoms with Crippen LogP contribution in [0.4, 0.5) is 0 Å². The molecule has 1 aromatic rings. The quantitative estimate of drug-likeness (QED) is 0.914. The molecule has 0 radical (unpaired) electrons. The van der Waals surface area contributed by atoms with Crippen molar-refractivity contribution >= 4 is 17.6 Å². The fraction of sp³-hybridized carbons (Fsp3) is 0.462. The van der Waals surface area contributed by atoms with E-state index >= 15 is 0 Å². The molecule has 5 heteroatoms. The highest BCUT2D eigenvalue weighted by atomic mass is 35.5. The normalized spacial score (nSPS) is 19.5. The lowest BCUT2D eigenvalue weighted by Gasteiger charge is -2.23. The zero-order chi connectivity index (χ0) is 13.0. The second-order valence-corrected chi connectivity index (χ2v) is 4.68. The largest absolute Gasteiger partial charge is 0.490 e. The van der Waals surface area contributed by atoms with E-state index in [4.69, 9.17) is 26.2 Å². The van der Waals surface area contributed by atoms with Gasteiger partial charge in [0.25, 0.3) is 0 Å². The van der Waals surface area contributed by atoms with Gasteiger partial charge in [0, 0.05) is 11.6 Å². The summed E-state index contributed by atoms with van der Waals surface area (Å²) in [5, 5.41) is 9.44. The molecule has 98 valence electrons. The molecule has 1 heterocycles. The van der Waals surface area contributed by atoms with Crippen molar-refractivity contribution in [2.24, 2.45) is 0 Å². The summed E-state index contributed by atoms with van der Waals surface area (Å²) in [6.07, 6.45) is 3.21. The van der Waals surface area contributed by atoms with E-state index in [1.54, 1.807) is 12.1 Å². The molecule has 1 N–H and O–H groups in total. The van der Waals surface area contributed by atoms with Crippen LogP contribution >= 0.6 is 11.6 Å². The summed E-state index contributed by atoms with van der Waals surface area (Å²) in [5.74, 6) is -0.710. The standard InChI is InChI=1S/C13H15ClO4/c14-9-4-5-12(11(7-9)13(15)16)18-8-10-3-1-2-6-17-10/h4-5,7,10H,1-3,6,8H2,(H,15,16). The first-order valence-electron chi connectivity index (χ1n) is 5.94. The lowest BCUT2D eigenvalue weighted by atomic mass is 10.1. The summed E-state index contributed by atoms with van der Waals surface area (Å²) < 4.78 is 11.1. The average Bonchev–Trinajstić information content (AvgIpc) is 2.38. The maximum absolute atomic E-state index is 11.1. The molecular weight excluding hydrogens is 256 g/mol. The molecule has 1 aliphatic rings. The molecule has 0 spiro atoms. The van der Waals surface area contributed by atoms with Crippen molar-refractivity contribution in [3.05, 3.63) is 28.8 Å². The van der Waals surface area contributed by atoms with Gasteiger partial charge in [0.05, 0.1) is 6.10 Å². The van der Waals surface area contributed by atoms with Crippen LogP contribution in [0.1, 0.15) is 29.6 Å². The van der Waals surface area contributed by atoms with Crippen molar-refractivity contribution in [3.8, 4) is 5.75 Å². The SMILES string of the molecule is O=C(O)c1cc(Cl)ccc1OCC1CCCCO1. The molecule has 1 unspecified atom stereocenters. The number of rotatable bonds is 4. The Kier molecular flexibility index (Phi) is 4.44. The van der Waals surface area contributed by atoms with Gasteiger partial charge in [-0.2, -0.15) is 0 Å². The van der Waals surface area contributed by atoms with Gasteiger partial charge in [0.2, 0.25) is 0 Å². The molecule has 18 heavy (non-hydrogen) atoms. The number of carbonyl (C=O) groups is 1. The Morgan fingerprint density at radius 1 is 1.50 bits per heavy atom. The van der Waals surface area contributed by atoms with E-state index in [0.29, 0.717) is 17.4 Å². The van der Waals surface area contributed by atoms with Crippen molar-refractivity contribution in [2.45, 2.75) is 25.4 Å². The second-order valence-electron chi connectivity index (χ2n) is 4.25. The first-order chi connectivity index (χ1) is 8.66. The Morgan fingerprint density at radius 3 is 3.00 bits per heavy atom. The number of aromatic carboxylic acids is 1. The van der Waals surface area contributed by atoms with Crippen LogP contribution in [0.2, 0.25) is 5.02 Å². The molecule has 1 fully saturated rings. The van der Waals surface area contributed by atoms with Crippen molar-refractivity contribution in [3.63, 3.8) is 0 Å². The minimum absolute atomic E-state index is 0.0519. The number of ether oxygens (including phenoxy) is 2. The molecule has 1 aromatic carbocycles. The van der Waals surface area contributed by atoms with Crippen LogP contribution in [0.5, 0.6) is 5.75 Å². The summed E-state index contributed by atoms with van der Waals surface area (Å²) >= 11 is 5.77. The van der Waals surface area contributed by atoms with E-state index in [-0.39, 0.29) is 11.7 Å². The summed E-state index contributed by atoms with van der Waals surface area (Å²) in [4.78, 5) is 11.1. The Balaban J connectivity index is 2.01. The van der Waals surface area contributed by atoms with E-state index in [1.807, 2.05) is 0 Å². The van der Waals surface area contributed by atoms with Crippen molar-refractivity contribution in [1.82, 2.24) is 0 Å². The highest BCUT2D eigenvalue weighted by Crippen LogP contribution is 2.24. The van der Waals surface area contributed by atoms with Crippen LogP contribution < -0.4 is 4.74 Å². The number of carboxylic acids is 1. The third kappa shape index (κ3) is 3.37. The minimum atomic E-state index is -1.04. The zero-order valence-electron chi connectivity index (χ0n) is 9.89. The monoisotopic (exact) mass is 270 g/mol. The summed E-state index contributed by atoms with van der Waals surface area (Å²) in [7, 11) is 0. The summed E-state index contributed by atoms with van der Waals surface area (Å²) in [6, 6.07) is 4.58. The Morgan fingerprint density at radius 2 is 2.33 bits per heavy atom. The molecule has 1 aliphatic heterocycles. The molecule has 1 saturated heterocycles. The van der Waals surface area contributed by atoms with Crippen molar-refractivity contribution < 1.29 is 19.4 Å². The zero-order valence-corrected chi connectivity index (χ0v) is 10.7. The van der Waals surface area contributed by atoms with Gasteiger partial charge in [-0.1, -0.05) is 11.6 Å². The lowest BCUT2D eigenvalue weighted by molar-refractivity contribution is -0.0113. The van der Waals surface area contributed by atoms with Gasteiger partial charge in [-0.15, -0.1) is 0 Å². The van der Waals surface area contributed by atoms with Crippen LogP contribution in [0.3, 0.4) is 0 Å². The second kappa shape index (κ2) is 6.07.